The summed E-state index contributed by atoms with van der Waals surface area (Å²) in [5, 5.41) is 10.1. The van der Waals surface area contributed by atoms with Crippen LogP contribution in [0.2, 0.25) is 0 Å². The summed E-state index contributed by atoms with van der Waals surface area (Å²) in [7, 11) is 0. The SMILES string of the molecule is CCCn1c(SCC(=O)NCC2(c3ccccc3)CCOCC2)n[nH]c1=O. The molecule has 146 valence electrons. The standard InChI is InChI=1S/C19H26N4O3S/c1-2-10-23-17(25)21-22-18(23)27-13-16(24)20-14-19(8-11-26-12-9-19)15-6-4-3-5-7-15/h3-7H,2,8-14H2,1H3,(H,20,24)(H,21,25). The highest BCUT2D eigenvalue weighted by molar-refractivity contribution is 7.99. The number of hydrogen-bond acceptors (Lipinski definition) is 5. The first-order valence-corrected chi connectivity index (χ1v) is 10.3. The minimum Gasteiger partial charge on any atom is -0.381 e. The molecule has 2 heterocycles. The predicted molar refractivity (Wildman–Crippen MR) is 105 cm³/mol. The van der Waals surface area contributed by atoms with E-state index in [-0.39, 0.29) is 22.8 Å². The molecule has 0 unspecified atom stereocenters. The van der Waals surface area contributed by atoms with Crippen LogP contribution in [-0.4, -0.2) is 46.2 Å². The Morgan fingerprint density at radius 3 is 2.78 bits per heavy atom. The number of amides is 1. The molecule has 0 bridgehead atoms. The summed E-state index contributed by atoms with van der Waals surface area (Å²) in [5.74, 6) is 0.176. The average Bonchev–Trinajstić information content (AvgIpc) is 3.06. The Hall–Kier alpha value is -2.06. The van der Waals surface area contributed by atoms with E-state index < -0.39 is 0 Å². The Labute approximate surface area is 162 Å². The second-order valence-corrected chi connectivity index (χ2v) is 7.73. The van der Waals surface area contributed by atoms with Crippen LogP contribution in [0.3, 0.4) is 0 Å². The molecule has 27 heavy (non-hydrogen) atoms. The van der Waals surface area contributed by atoms with E-state index in [4.69, 9.17) is 4.74 Å². The number of H-pyrrole nitrogens is 1. The molecule has 1 aromatic carbocycles. The van der Waals surface area contributed by atoms with Gasteiger partial charge < -0.3 is 10.1 Å². The van der Waals surface area contributed by atoms with Crippen LogP contribution in [0.1, 0.15) is 31.7 Å². The Balaban J connectivity index is 1.59. The maximum Gasteiger partial charge on any atom is 0.343 e. The Morgan fingerprint density at radius 2 is 2.07 bits per heavy atom. The normalized spacial score (nSPS) is 16.2. The van der Waals surface area contributed by atoms with Gasteiger partial charge in [0.15, 0.2) is 5.16 Å². The quantitative estimate of drug-likeness (QED) is 0.673. The van der Waals surface area contributed by atoms with E-state index in [0.717, 1.165) is 19.3 Å². The maximum absolute atomic E-state index is 12.4. The Bertz CT molecular complexity index is 797. The Kier molecular flexibility index (Phi) is 6.73. The zero-order valence-electron chi connectivity index (χ0n) is 15.6. The monoisotopic (exact) mass is 390 g/mol. The fourth-order valence-corrected chi connectivity index (χ4v) is 4.21. The number of aromatic nitrogens is 3. The van der Waals surface area contributed by atoms with E-state index >= 15 is 0 Å². The van der Waals surface area contributed by atoms with Gasteiger partial charge in [0.25, 0.3) is 0 Å². The van der Waals surface area contributed by atoms with Crippen LogP contribution in [0.4, 0.5) is 0 Å². The number of carbonyl (C=O) groups is 1. The molecule has 2 N–H and O–H groups in total. The molecule has 1 amide bonds. The van der Waals surface area contributed by atoms with Gasteiger partial charge in [-0.05, 0) is 24.8 Å². The first-order valence-electron chi connectivity index (χ1n) is 9.32. The first-order chi connectivity index (χ1) is 13.1. The lowest BCUT2D eigenvalue weighted by Crippen LogP contribution is -2.45. The number of carbonyl (C=O) groups excluding carboxylic acids is 1. The molecular formula is C19H26N4O3S. The number of hydrogen-bond donors (Lipinski definition) is 2. The van der Waals surface area contributed by atoms with Gasteiger partial charge in [-0.1, -0.05) is 49.0 Å². The number of nitrogens with zero attached hydrogens (tertiary/aromatic N) is 2. The highest BCUT2D eigenvalue weighted by atomic mass is 32.2. The van der Waals surface area contributed by atoms with Crippen molar-refractivity contribution in [3.63, 3.8) is 0 Å². The maximum atomic E-state index is 12.4. The molecule has 1 fully saturated rings. The van der Waals surface area contributed by atoms with Gasteiger partial charge in [0.1, 0.15) is 0 Å². The van der Waals surface area contributed by atoms with E-state index in [1.165, 1.54) is 17.3 Å². The second kappa shape index (κ2) is 9.23. The van der Waals surface area contributed by atoms with Crippen LogP contribution in [0.5, 0.6) is 0 Å². The number of aromatic amines is 1. The van der Waals surface area contributed by atoms with Gasteiger partial charge in [-0.2, -0.15) is 0 Å². The van der Waals surface area contributed by atoms with Crippen molar-refractivity contribution in [2.24, 2.45) is 0 Å². The van der Waals surface area contributed by atoms with Gasteiger partial charge in [0.05, 0.1) is 5.75 Å². The highest BCUT2D eigenvalue weighted by Gasteiger charge is 2.34. The van der Waals surface area contributed by atoms with Crippen molar-refractivity contribution >= 4 is 17.7 Å². The van der Waals surface area contributed by atoms with E-state index in [2.05, 4.69) is 27.6 Å². The number of rotatable bonds is 8. The largest absolute Gasteiger partial charge is 0.381 e. The smallest absolute Gasteiger partial charge is 0.343 e. The van der Waals surface area contributed by atoms with E-state index in [1.807, 2.05) is 25.1 Å². The third-order valence-electron chi connectivity index (χ3n) is 4.96. The molecule has 0 aliphatic carbocycles. The molecule has 0 radical (unpaired) electrons. The van der Waals surface area contributed by atoms with Crippen LogP contribution in [0.25, 0.3) is 0 Å². The van der Waals surface area contributed by atoms with Crippen LogP contribution in [0.15, 0.2) is 40.3 Å². The molecule has 1 aliphatic heterocycles. The molecule has 2 aromatic rings. The lowest BCUT2D eigenvalue weighted by atomic mass is 9.74. The summed E-state index contributed by atoms with van der Waals surface area (Å²) in [4.78, 5) is 24.1. The van der Waals surface area contributed by atoms with Crippen molar-refractivity contribution in [3.05, 3.63) is 46.4 Å². The molecular weight excluding hydrogens is 364 g/mol. The van der Waals surface area contributed by atoms with Crippen LogP contribution in [-0.2, 0) is 21.5 Å². The van der Waals surface area contributed by atoms with Crippen molar-refractivity contribution in [2.45, 2.75) is 43.3 Å². The highest BCUT2D eigenvalue weighted by Crippen LogP contribution is 2.34. The van der Waals surface area contributed by atoms with Gasteiger partial charge >= 0.3 is 5.69 Å². The summed E-state index contributed by atoms with van der Waals surface area (Å²) in [6.07, 6.45) is 2.61. The van der Waals surface area contributed by atoms with Gasteiger partial charge in [-0.3, -0.25) is 9.36 Å². The first kappa shape index (κ1) is 19.7. The molecule has 1 aromatic heterocycles. The van der Waals surface area contributed by atoms with Gasteiger partial charge in [-0.25, -0.2) is 9.89 Å². The molecule has 0 atom stereocenters. The molecule has 3 rings (SSSR count). The van der Waals surface area contributed by atoms with Crippen molar-refractivity contribution < 1.29 is 9.53 Å². The Morgan fingerprint density at radius 1 is 1.33 bits per heavy atom. The average molecular weight is 391 g/mol. The number of benzene rings is 1. The van der Waals surface area contributed by atoms with Crippen LogP contribution in [0, 0.1) is 0 Å². The number of ether oxygens (including phenoxy) is 1. The topological polar surface area (TPSA) is 89.0 Å². The molecule has 0 saturated carbocycles. The van der Waals surface area contributed by atoms with E-state index in [0.29, 0.717) is 31.5 Å². The summed E-state index contributed by atoms with van der Waals surface area (Å²) in [6.45, 7) is 4.59. The van der Waals surface area contributed by atoms with Crippen molar-refractivity contribution in [3.8, 4) is 0 Å². The molecule has 0 spiro atoms. The fraction of sp³-hybridized carbons (Fsp3) is 0.526. The number of nitrogens with one attached hydrogen (secondary N) is 2. The summed E-state index contributed by atoms with van der Waals surface area (Å²) in [5.41, 5.74) is 0.923. The van der Waals surface area contributed by atoms with Crippen molar-refractivity contribution in [1.29, 1.82) is 0 Å². The lowest BCUT2D eigenvalue weighted by molar-refractivity contribution is -0.119. The van der Waals surface area contributed by atoms with Crippen molar-refractivity contribution in [2.75, 3.05) is 25.5 Å². The summed E-state index contributed by atoms with van der Waals surface area (Å²) < 4.78 is 7.11. The zero-order valence-corrected chi connectivity index (χ0v) is 16.4. The summed E-state index contributed by atoms with van der Waals surface area (Å²) in [6, 6.07) is 10.3. The van der Waals surface area contributed by atoms with Crippen LogP contribution < -0.4 is 11.0 Å². The third kappa shape index (κ3) is 4.81. The fourth-order valence-electron chi connectivity index (χ4n) is 3.40. The van der Waals surface area contributed by atoms with Gasteiger partial charge in [0, 0.05) is 31.7 Å². The van der Waals surface area contributed by atoms with Crippen molar-refractivity contribution in [1.82, 2.24) is 20.1 Å². The molecule has 1 aliphatic rings. The zero-order chi connectivity index (χ0) is 19.1. The minimum atomic E-state index is -0.231. The number of thioether (sulfide) groups is 1. The lowest BCUT2D eigenvalue weighted by Gasteiger charge is -2.38. The molecule has 1 saturated heterocycles. The molecule has 8 heteroatoms. The van der Waals surface area contributed by atoms with Gasteiger partial charge in [-0.15, -0.1) is 5.10 Å². The third-order valence-corrected chi connectivity index (χ3v) is 5.94. The molecule has 7 nitrogen and oxygen atoms in total. The summed E-state index contributed by atoms with van der Waals surface area (Å²) >= 11 is 1.28. The predicted octanol–water partition coefficient (Wildman–Crippen LogP) is 1.94. The second-order valence-electron chi connectivity index (χ2n) is 6.79. The van der Waals surface area contributed by atoms with Crippen LogP contribution >= 0.6 is 11.8 Å². The minimum absolute atomic E-state index is 0.0553. The van der Waals surface area contributed by atoms with Gasteiger partial charge in [0.2, 0.25) is 5.91 Å². The van der Waals surface area contributed by atoms with E-state index in [1.54, 1.807) is 4.57 Å². The van der Waals surface area contributed by atoms with E-state index in [9.17, 15) is 9.59 Å².